The number of amides is 1. The molecule has 0 radical (unpaired) electrons. The van der Waals surface area contributed by atoms with Gasteiger partial charge >= 0.3 is 6.18 Å². The Hall–Kier alpha value is -1.56. The van der Waals surface area contributed by atoms with Crippen molar-refractivity contribution in [3.8, 4) is 0 Å². The van der Waals surface area contributed by atoms with Crippen molar-refractivity contribution in [2.24, 2.45) is 0 Å². The maximum atomic E-state index is 12.8. The number of likely N-dealkylation sites (N-methyl/N-ethyl adjacent to an activating group) is 1. The Labute approximate surface area is 103 Å². The predicted octanol–water partition coefficient (Wildman–Crippen LogP) is 2.02. The maximum absolute atomic E-state index is 12.8. The minimum atomic E-state index is -4.44. The van der Waals surface area contributed by atoms with Crippen LogP contribution in [-0.2, 0) is 4.79 Å². The van der Waals surface area contributed by atoms with Gasteiger partial charge in [-0.2, -0.15) is 13.2 Å². The summed E-state index contributed by atoms with van der Waals surface area (Å²) in [5.41, 5.74) is 0.0919. The lowest BCUT2D eigenvalue weighted by Crippen LogP contribution is -2.40. The predicted molar refractivity (Wildman–Crippen MR) is 61.9 cm³/mol. The molecule has 1 aromatic carbocycles. The highest BCUT2D eigenvalue weighted by molar-refractivity contribution is 5.77. The van der Waals surface area contributed by atoms with Crippen LogP contribution in [0.15, 0.2) is 30.3 Å². The standard InChI is InChI=1S/C12H15F3N2O/c1-2-16-10(18)8-17-11(12(13,14)15)9-6-4-3-5-7-9/h3-7,11,17H,2,8H2,1H3,(H,16,18). The summed E-state index contributed by atoms with van der Waals surface area (Å²) in [6.07, 6.45) is -4.44. The molecule has 1 aromatic rings. The van der Waals surface area contributed by atoms with Crippen LogP contribution in [0.5, 0.6) is 0 Å². The molecular formula is C12H15F3N2O. The molecule has 0 saturated heterocycles. The highest BCUT2D eigenvalue weighted by atomic mass is 19.4. The van der Waals surface area contributed by atoms with E-state index in [1.807, 2.05) is 0 Å². The zero-order valence-corrected chi connectivity index (χ0v) is 9.92. The number of nitrogens with one attached hydrogen (secondary N) is 2. The normalized spacial score (nSPS) is 13.1. The first-order chi connectivity index (χ1) is 8.45. The molecule has 2 N–H and O–H groups in total. The minimum Gasteiger partial charge on any atom is -0.355 e. The van der Waals surface area contributed by atoms with Gasteiger partial charge in [0.2, 0.25) is 5.91 Å². The monoisotopic (exact) mass is 260 g/mol. The van der Waals surface area contributed by atoms with Crippen LogP contribution in [-0.4, -0.2) is 25.2 Å². The molecule has 0 fully saturated rings. The van der Waals surface area contributed by atoms with Crippen molar-refractivity contribution in [1.82, 2.24) is 10.6 Å². The summed E-state index contributed by atoms with van der Waals surface area (Å²) in [7, 11) is 0. The van der Waals surface area contributed by atoms with Crippen LogP contribution in [0.2, 0.25) is 0 Å². The van der Waals surface area contributed by atoms with Crippen LogP contribution in [0, 0.1) is 0 Å². The van der Waals surface area contributed by atoms with E-state index in [1.165, 1.54) is 24.3 Å². The van der Waals surface area contributed by atoms with E-state index in [4.69, 9.17) is 0 Å². The Morgan fingerprint density at radius 3 is 2.39 bits per heavy atom. The smallest absolute Gasteiger partial charge is 0.355 e. The van der Waals surface area contributed by atoms with Crippen molar-refractivity contribution in [2.45, 2.75) is 19.1 Å². The van der Waals surface area contributed by atoms with Gasteiger partial charge in [0.05, 0.1) is 6.54 Å². The van der Waals surface area contributed by atoms with E-state index in [0.717, 1.165) is 0 Å². The summed E-state index contributed by atoms with van der Waals surface area (Å²) in [5, 5.41) is 4.66. The van der Waals surface area contributed by atoms with Crippen molar-refractivity contribution in [3.63, 3.8) is 0 Å². The highest BCUT2D eigenvalue weighted by Crippen LogP contribution is 2.32. The fraction of sp³-hybridized carbons (Fsp3) is 0.417. The summed E-state index contributed by atoms with van der Waals surface area (Å²) in [4.78, 5) is 11.2. The molecule has 0 aliphatic carbocycles. The molecule has 0 aliphatic heterocycles. The molecule has 0 spiro atoms. The number of hydrogen-bond donors (Lipinski definition) is 2. The summed E-state index contributed by atoms with van der Waals surface area (Å²) in [6.45, 7) is 1.73. The van der Waals surface area contributed by atoms with Gasteiger partial charge in [-0.3, -0.25) is 10.1 Å². The summed E-state index contributed by atoms with van der Waals surface area (Å²) in [6, 6.07) is 5.62. The molecule has 3 nitrogen and oxygen atoms in total. The molecule has 0 aliphatic rings. The number of halogens is 3. The van der Waals surface area contributed by atoms with Gasteiger partial charge in [0.25, 0.3) is 0 Å². The van der Waals surface area contributed by atoms with Gasteiger partial charge in [0, 0.05) is 6.54 Å². The Kier molecular flexibility index (Phi) is 5.15. The van der Waals surface area contributed by atoms with Crippen molar-refractivity contribution < 1.29 is 18.0 Å². The lowest BCUT2D eigenvalue weighted by Gasteiger charge is -2.21. The van der Waals surface area contributed by atoms with Gasteiger partial charge < -0.3 is 5.32 Å². The molecule has 0 aromatic heterocycles. The number of benzene rings is 1. The summed E-state index contributed by atoms with van der Waals surface area (Å²) < 4.78 is 38.5. The first kappa shape index (κ1) is 14.5. The molecule has 100 valence electrons. The van der Waals surface area contributed by atoms with Crippen LogP contribution in [0.4, 0.5) is 13.2 Å². The van der Waals surface area contributed by atoms with Crippen molar-refractivity contribution in [1.29, 1.82) is 0 Å². The minimum absolute atomic E-state index is 0.0919. The van der Waals surface area contributed by atoms with Crippen LogP contribution in [0.25, 0.3) is 0 Å². The van der Waals surface area contributed by atoms with Crippen molar-refractivity contribution in [3.05, 3.63) is 35.9 Å². The SMILES string of the molecule is CCNC(=O)CNC(c1ccccc1)C(F)(F)F. The van der Waals surface area contributed by atoms with Crippen LogP contribution >= 0.6 is 0 Å². The van der Waals surface area contributed by atoms with Gasteiger partial charge in [-0.05, 0) is 12.5 Å². The Bertz CT molecular complexity index is 379. The quantitative estimate of drug-likeness (QED) is 0.850. The number of alkyl halides is 3. The largest absolute Gasteiger partial charge is 0.407 e. The second kappa shape index (κ2) is 6.39. The van der Waals surface area contributed by atoms with Crippen LogP contribution in [0.1, 0.15) is 18.5 Å². The second-order valence-corrected chi connectivity index (χ2v) is 3.72. The van der Waals surface area contributed by atoms with Crippen LogP contribution < -0.4 is 10.6 Å². The average molecular weight is 260 g/mol. The molecule has 0 heterocycles. The highest BCUT2D eigenvalue weighted by Gasteiger charge is 2.40. The Morgan fingerprint density at radius 1 is 1.28 bits per heavy atom. The fourth-order valence-corrected chi connectivity index (χ4v) is 1.52. The molecule has 0 saturated carbocycles. The lowest BCUT2D eigenvalue weighted by molar-refractivity contribution is -0.158. The van der Waals surface area contributed by atoms with Crippen molar-refractivity contribution in [2.75, 3.05) is 13.1 Å². The zero-order chi connectivity index (χ0) is 13.6. The van der Waals surface area contributed by atoms with E-state index in [2.05, 4.69) is 10.6 Å². The van der Waals surface area contributed by atoms with E-state index in [9.17, 15) is 18.0 Å². The van der Waals surface area contributed by atoms with Gasteiger partial charge in [-0.25, -0.2) is 0 Å². The van der Waals surface area contributed by atoms with E-state index in [0.29, 0.717) is 6.54 Å². The first-order valence-electron chi connectivity index (χ1n) is 5.57. The fourth-order valence-electron chi connectivity index (χ4n) is 1.52. The molecule has 18 heavy (non-hydrogen) atoms. The summed E-state index contributed by atoms with van der Waals surface area (Å²) in [5.74, 6) is -0.456. The molecule has 6 heteroatoms. The first-order valence-corrected chi connectivity index (χ1v) is 5.57. The molecule has 1 rings (SSSR count). The molecule has 1 amide bonds. The van der Waals surface area contributed by atoms with E-state index in [-0.39, 0.29) is 12.1 Å². The van der Waals surface area contributed by atoms with Gasteiger partial charge in [-0.15, -0.1) is 0 Å². The number of rotatable bonds is 5. The zero-order valence-electron chi connectivity index (χ0n) is 9.92. The maximum Gasteiger partial charge on any atom is 0.407 e. The van der Waals surface area contributed by atoms with Gasteiger partial charge in [0.15, 0.2) is 0 Å². The molecule has 1 unspecified atom stereocenters. The lowest BCUT2D eigenvalue weighted by atomic mass is 10.1. The third kappa shape index (κ3) is 4.37. The third-order valence-corrected chi connectivity index (χ3v) is 2.30. The number of carbonyl (C=O) groups is 1. The number of hydrogen-bond acceptors (Lipinski definition) is 2. The van der Waals surface area contributed by atoms with Gasteiger partial charge in [-0.1, -0.05) is 30.3 Å². The van der Waals surface area contributed by atoms with Crippen LogP contribution in [0.3, 0.4) is 0 Å². The van der Waals surface area contributed by atoms with E-state index < -0.39 is 18.1 Å². The third-order valence-electron chi connectivity index (χ3n) is 2.30. The average Bonchev–Trinajstić information content (AvgIpc) is 2.29. The van der Waals surface area contributed by atoms with Crippen molar-refractivity contribution >= 4 is 5.91 Å². The number of carbonyl (C=O) groups excluding carboxylic acids is 1. The molecule has 0 bridgehead atoms. The Balaban J connectivity index is 2.73. The van der Waals surface area contributed by atoms with E-state index in [1.54, 1.807) is 13.0 Å². The second-order valence-electron chi connectivity index (χ2n) is 3.72. The van der Waals surface area contributed by atoms with Gasteiger partial charge in [0.1, 0.15) is 6.04 Å². The van der Waals surface area contributed by atoms with E-state index >= 15 is 0 Å². The molecule has 1 atom stereocenters. The topological polar surface area (TPSA) is 41.1 Å². The summed E-state index contributed by atoms with van der Waals surface area (Å²) >= 11 is 0. The molecular weight excluding hydrogens is 245 g/mol. The Morgan fingerprint density at radius 2 is 1.89 bits per heavy atom.